The Kier molecular flexibility index (Phi) is 7.05. The van der Waals surface area contributed by atoms with Crippen molar-refractivity contribution < 1.29 is 23.9 Å². The quantitative estimate of drug-likeness (QED) is 0.690. The van der Waals surface area contributed by atoms with Crippen molar-refractivity contribution in [2.45, 2.75) is 26.3 Å². The minimum atomic E-state index is -0.743. The van der Waals surface area contributed by atoms with Crippen LogP contribution in [0.25, 0.3) is 0 Å². The first-order valence-electron chi connectivity index (χ1n) is 7.29. The van der Waals surface area contributed by atoms with Crippen LogP contribution in [0.5, 0.6) is 5.75 Å². The highest BCUT2D eigenvalue weighted by Gasteiger charge is 2.26. The van der Waals surface area contributed by atoms with E-state index in [9.17, 15) is 14.4 Å². The number of nitrogens with two attached hydrogens (primary N) is 1. The summed E-state index contributed by atoms with van der Waals surface area (Å²) in [5.41, 5.74) is 5.42. The normalized spacial score (nSPS) is 12.8. The minimum Gasteiger partial charge on any atom is -0.483 e. The van der Waals surface area contributed by atoms with Gasteiger partial charge in [-0.1, -0.05) is 32.4 Å². The largest absolute Gasteiger partial charge is 0.483 e. The molecule has 0 heterocycles. The molecule has 0 fully saturated rings. The number of benzene rings is 1. The Morgan fingerprint density at radius 1 is 1.26 bits per heavy atom. The molecule has 1 aromatic carbocycles. The summed E-state index contributed by atoms with van der Waals surface area (Å²) in [6.07, 6.45) is 0.700. The lowest BCUT2D eigenvalue weighted by atomic mass is 9.99. The fourth-order valence-electron chi connectivity index (χ4n) is 1.95. The molecule has 0 aliphatic heterocycles. The van der Waals surface area contributed by atoms with E-state index in [-0.39, 0.29) is 23.8 Å². The summed E-state index contributed by atoms with van der Waals surface area (Å²) in [6, 6.07) is 5.61. The van der Waals surface area contributed by atoms with E-state index < -0.39 is 23.8 Å². The summed E-state index contributed by atoms with van der Waals surface area (Å²) >= 11 is 0. The van der Waals surface area contributed by atoms with Crippen molar-refractivity contribution in [3.63, 3.8) is 0 Å². The lowest BCUT2D eigenvalue weighted by Crippen LogP contribution is -2.47. The molecule has 0 saturated carbocycles. The second kappa shape index (κ2) is 8.77. The Hall–Kier alpha value is -2.57. The number of carbonyl (C=O) groups is 3. The van der Waals surface area contributed by atoms with E-state index >= 15 is 0 Å². The number of methoxy groups -OCH3 is 1. The average Bonchev–Trinajstić information content (AvgIpc) is 2.56. The molecule has 1 aromatic rings. The van der Waals surface area contributed by atoms with Crippen molar-refractivity contribution in [1.82, 2.24) is 5.32 Å². The van der Waals surface area contributed by atoms with Crippen molar-refractivity contribution in [2.24, 2.45) is 11.7 Å². The number of ether oxygens (including phenoxy) is 2. The molecular weight excluding hydrogens is 300 g/mol. The maximum absolute atomic E-state index is 12.0. The zero-order valence-electron chi connectivity index (χ0n) is 13.5. The third kappa shape index (κ3) is 5.28. The van der Waals surface area contributed by atoms with Gasteiger partial charge >= 0.3 is 5.97 Å². The van der Waals surface area contributed by atoms with Gasteiger partial charge in [0.25, 0.3) is 11.8 Å². The Balaban J connectivity index is 2.69. The highest BCUT2D eigenvalue weighted by molar-refractivity contribution is 5.95. The van der Waals surface area contributed by atoms with Gasteiger partial charge in [0, 0.05) is 0 Å². The van der Waals surface area contributed by atoms with Crippen molar-refractivity contribution in [2.75, 3.05) is 13.7 Å². The van der Waals surface area contributed by atoms with Gasteiger partial charge in [0.1, 0.15) is 11.8 Å². The van der Waals surface area contributed by atoms with E-state index in [4.69, 9.17) is 15.2 Å². The summed E-state index contributed by atoms with van der Waals surface area (Å²) < 4.78 is 10.0. The SMILES string of the molecule is CC[C@@H](C)[C@H](NC(=O)COc1ccccc1C(N)=O)C(=O)OC. The zero-order chi connectivity index (χ0) is 17.4. The van der Waals surface area contributed by atoms with Crippen LogP contribution < -0.4 is 15.8 Å². The Morgan fingerprint density at radius 2 is 1.91 bits per heavy atom. The number of carbonyl (C=O) groups excluding carboxylic acids is 3. The second-order valence-electron chi connectivity index (χ2n) is 5.10. The van der Waals surface area contributed by atoms with Crippen LogP contribution in [0.1, 0.15) is 30.6 Å². The molecule has 0 aliphatic carbocycles. The maximum atomic E-state index is 12.0. The third-order valence-electron chi connectivity index (χ3n) is 3.50. The summed E-state index contributed by atoms with van der Waals surface area (Å²) in [4.78, 5) is 35.0. The molecule has 0 aliphatic rings. The third-order valence-corrected chi connectivity index (χ3v) is 3.50. The van der Waals surface area contributed by atoms with Crippen LogP contribution in [0.4, 0.5) is 0 Å². The van der Waals surface area contributed by atoms with Gasteiger partial charge in [-0.2, -0.15) is 0 Å². The summed E-state index contributed by atoms with van der Waals surface area (Å²) in [5.74, 6) is -1.50. The molecule has 1 rings (SSSR count). The van der Waals surface area contributed by atoms with E-state index in [1.807, 2.05) is 13.8 Å². The first-order chi connectivity index (χ1) is 10.9. The standard InChI is InChI=1S/C16H22N2O5/c1-4-10(2)14(16(21)22-3)18-13(19)9-23-12-8-6-5-7-11(12)15(17)20/h5-8,10,14H,4,9H2,1-3H3,(H2,17,20)(H,18,19)/t10-,14+/m1/s1. The van der Waals surface area contributed by atoms with Crippen LogP contribution in [-0.2, 0) is 14.3 Å². The molecule has 0 saturated heterocycles. The second-order valence-corrected chi connectivity index (χ2v) is 5.10. The molecule has 2 amide bonds. The van der Waals surface area contributed by atoms with Crippen molar-refractivity contribution in [3.8, 4) is 5.75 Å². The fourth-order valence-corrected chi connectivity index (χ4v) is 1.95. The van der Waals surface area contributed by atoms with Crippen LogP contribution in [0.2, 0.25) is 0 Å². The molecule has 7 heteroatoms. The fraction of sp³-hybridized carbons (Fsp3) is 0.438. The Morgan fingerprint density at radius 3 is 2.48 bits per heavy atom. The number of hydrogen-bond donors (Lipinski definition) is 2. The number of nitrogens with one attached hydrogen (secondary N) is 1. The number of rotatable bonds is 8. The van der Waals surface area contributed by atoms with Crippen molar-refractivity contribution >= 4 is 17.8 Å². The molecule has 0 bridgehead atoms. The van der Waals surface area contributed by atoms with Crippen LogP contribution >= 0.6 is 0 Å². The molecule has 126 valence electrons. The molecule has 3 N–H and O–H groups in total. The lowest BCUT2D eigenvalue weighted by molar-refractivity contribution is -0.146. The first-order valence-corrected chi connectivity index (χ1v) is 7.29. The maximum Gasteiger partial charge on any atom is 0.328 e. The van der Waals surface area contributed by atoms with Crippen molar-refractivity contribution in [1.29, 1.82) is 0 Å². The zero-order valence-corrected chi connectivity index (χ0v) is 13.5. The van der Waals surface area contributed by atoms with Gasteiger partial charge in [-0.3, -0.25) is 9.59 Å². The molecule has 0 radical (unpaired) electrons. The van der Waals surface area contributed by atoms with E-state index in [2.05, 4.69) is 5.32 Å². The Labute approximate surface area is 135 Å². The molecule has 23 heavy (non-hydrogen) atoms. The monoisotopic (exact) mass is 322 g/mol. The van der Waals surface area contributed by atoms with Gasteiger partial charge in [-0.15, -0.1) is 0 Å². The smallest absolute Gasteiger partial charge is 0.328 e. The predicted octanol–water partition coefficient (Wildman–Crippen LogP) is 0.868. The van der Waals surface area contributed by atoms with E-state index in [1.165, 1.54) is 13.2 Å². The first kappa shape index (κ1) is 18.5. The van der Waals surface area contributed by atoms with Crippen LogP contribution in [0.3, 0.4) is 0 Å². The van der Waals surface area contributed by atoms with Gasteiger partial charge in [0.05, 0.1) is 12.7 Å². The van der Waals surface area contributed by atoms with E-state index in [0.29, 0.717) is 6.42 Å². The van der Waals surface area contributed by atoms with Gasteiger partial charge in [0.2, 0.25) is 0 Å². The Bertz CT molecular complexity index is 573. The van der Waals surface area contributed by atoms with Gasteiger partial charge < -0.3 is 20.5 Å². The summed E-state index contributed by atoms with van der Waals surface area (Å²) in [6.45, 7) is 3.41. The van der Waals surface area contributed by atoms with Crippen LogP contribution in [0, 0.1) is 5.92 Å². The number of amides is 2. The lowest BCUT2D eigenvalue weighted by Gasteiger charge is -2.21. The average molecular weight is 322 g/mol. The highest BCUT2D eigenvalue weighted by atomic mass is 16.5. The van der Waals surface area contributed by atoms with Gasteiger partial charge in [-0.25, -0.2) is 4.79 Å². The molecule has 2 atom stereocenters. The molecule has 0 aromatic heterocycles. The number of hydrogen-bond acceptors (Lipinski definition) is 5. The minimum absolute atomic E-state index is 0.0793. The molecule has 0 spiro atoms. The van der Waals surface area contributed by atoms with Crippen LogP contribution in [-0.4, -0.2) is 37.5 Å². The number of primary amides is 1. The topological polar surface area (TPSA) is 108 Å². The van der Waals surface area contributed by atoms with E-state index in [0.717, 1.165) is 0 Å². The molecule has 0 unspecified atom stereocenters. The van der Waals surface area contributed by atoms with Gasteiger partial charge in [-0.05, 0) is 18.1 Å². The molecular formula is C16H22N2O5. The predicted molar refractivity (Wildman–Crippen MR) is 83.9 cm³/mol. The number of para-hydroxylation sites is 1. The highest BCUT2D eigenvalue weighted by Crippen LogP contribution is 2.17. The summed E-state index contributed by atoms with van der Waals surface area (Å²) in [5, 5.41) is 2.58. The van der Waals surface area contributed by atoms with Crippen molar-refractivity contribution in [3.05, 3.63) is 29.8 Å². The molecule has 7 nitrogen and oxygen atoms in total. The summed E-state index contributed by atoms with van der Waals surface area (Å²) in [7, 11) is 1.27. The number of esters is 1. The van der Waals surface area contributed by atoms with E-state index in [1.54, 1.807) is 18.2 Å². The van der Waals surface area contributed by atoms with Gasteiger partial charge in [0.15, 0.2) is 6.61 Å². The van der Waals surface area contributed by atoms with Crippen LogP contribution in [0.15, 0.2) is 24.3 Å².